The highest BCUT2D eigenvalue weighted by atomic mass is 16.3. The summed E-state index contributed by atoms with van der Waals surface area (Å²) in [5.74, 6) is 0.202. The van der Waals surface area contributed by atoms with Crippen molar-refractivity contribution in [1.29, 1.82) is 0 Å². The van der Waals surface area contributed by atoms with E-state index in [1.807, 2.05) is 18.2 Å². The number of nitrogens with one attached hydrogen (secondary N) is 1. The molecule has 4 aromatic rings. The van der Waals surface area contributed by atoms with Crippen LogP contribution in [0.3, 0.4) is 0 Å². The van der Waals surface area contributed by atoms with E-state index in [2.05, 4.69) is 108 Å². The number of hydrogen-bond acceptors (Lipinski definition) is 3. The van der Waals surface area contributed by atoms with E-state index >= 15 is 0 Å². The first kappa shape index (κ1) is 27.3. The van der Waals surface area contributed by atoms with Crippen LogP contribution in [0.4, 0.5) is 0 Å². The monoisotopic (exact) mass is 518 g/mol. The zero-order valence-corrected chi connectivity index (χ0v) is 22.9. The molecule has 0 bridgehead atoms. The molecular weight excluding hydrogens is 476 g/mol. The average molecular weight is 519 g/mol. The van der Waals surface area contributed by atoms with Crippen molar-refractivity contribution in [1.82, 2.24) is 5.32 Å². The van der Waals surface area contributed by atoms with Crippen molar-refractivity contribution in [3.63, 3.8) is 0 Å². The lowest BCUT2D eigenvalue weighted by Gasteiger charge is -2.43. The van der Waals surface area contributed by atoms with Gasteiger partial charge in [-0.05, 0) is 60.4 Å². The Morgan fingerprint density at radius 3 is 1.49 bits per heavy atom. The van der Waals surface area contributed by atoms with Crippen LogP contribution >= 0.6 is 0 Å². The second-order valence-corrected chi connectivity index (χ2v) is 11.0. The van der Waals surface area contributed by atoms with Crippen LogP contribution in [0.2, 0.25) is 0 Å². The van der Waals surface area contributed by atoms with E-state index in [0.717, 1.165) is 37.8 Å². The van der Waals surface area contributed by atoms with Crippen LogP contribution in [-0.4, -0.2) is 17.7 Å². The third-order valence-electron chi connectivity index (χ3n) is 8.73. The topological polar surface area (TPSA) is 58.3 Å². The van der Waals surface area contributed by atoms with Crippen LogP contribution in [0.5, 0.6) is 0 Å². The van der Waals surface area contributed by atoms with Crippen molar-refractivity contribution in [2.75, 3.05) is 6.54 Å². The van der Waals surface area contributed by atoms with Gasteiger partial charge in [-0.15, -0.1) is 0 Å². The predicted molar refractivity (Wildman–Crippen MR) is 161 cm³/mol. The standard InChI is InChI=1S/C36H42N2O/c37-34(36(39,32-23-12-4-13-24-32)33-25-14-5-15-26-33)27-16-28-38-35(29-17-6-1-7-18-29,30-19-8-2-9-20-30)31-21-10-3-11-22-31/h1-4,6-13,17-24,33-34,38-39H,5,14-16,25-28,37H2. The van der Waals surface area contributed by atoms with E-state index in [4.69, 9.17) is 5.73 Å². The maximum atomic E-state index is 12.2. The largest absolute Gasteiger partial charge is 0.383 e. The van der Waals surface area contributed by atoms with Crippen LogP contribution < -0.4 is 11.1 Å². The van der Waals surface area contributed by atoms with Crippen LogP contribution in [-0.2, 0) is 11.1 Å². The minimum absolute atomic E-state index is 0.202. The van der Waals surface area contributed by atoms with Gasteiger partial charge in [0.25, 0.3) is 0 Å². The lowest BCUT2D eigenvalue weighted by molar-refractivity contribution is -0.0627. The molecule has 202 valence electrons. The van der Waals surface area contributed by atoms with Crippen LogP contribution in [0.15, 0.2) is 121 Å². The fraction of sp³-hybridized carbons (Fsp3) is 0.333. The molecule has 4 N–H and O–H groups in total. The Morgan fingerprint density at radius 2 is 1.05 bits per heavy atom. The van der Waals surface area contributed by atoms with Crippen LogP contribution in [0.25, 0.3) is 0 Å². The van der Waals surface area contributed by atoms with Gasteiger partial charge in [0.15, 0.2) is 0 Å². The Balaban J connectivity index is 1.40. The highest BCUT2D eigenvalue weighted by Gasteiger charge is 2.43. The summed E-state index contributed by atoms with van der Waals surface area (Å²) < 4.78 is 0. The molecule has 0 amide bonds. The fourth-order valence-corrected chi connectivity index (χ4v) is 6.69. The second-order valence-electron chi connectivity index (χ2n) is 11.0. The molecule has 0 saturated heterocycles. The number of benzene rings is 4. The van der Waals surface area contributed by atoms with Gasteiger partial charge in [0.2, 0.25) is 0 Å². The van der Waals surface area contributed by atoms with Gasteiger partial charge in [0.1, 0.15) is 5.60 Å². The maximum Gasteiger partial charge on any atom is 0.107 e. The summed E-state index contributed by atoms with van der Waals surface area (Å²) >= 11 is 0. The molecule has 2 unspecified atom stereocenters. The summed E-state index contributed by atoms with van der Waals surface area (Å²) in [6, 6.07) is 41.9. The molecule has 5 rings (SSSR count). The molecule has 0 heterocycles. The highest BCUT2D eigenvalue weighted by molar-refractivity contribution is 5.49. The third-order valence-corrected chi connectivity index (χ3v) is 8.73. The lowest BCUT2D eigenvalue weighted by Crippen LogP contribution is -2.52. The van der Waals surface area contributed by atoms with E-state index < -0.39 is 11.1 Å². The molecule has 2 atom stereocenters. The molecule has 1 saturated carbocycles. The van der Waals surface area contributed by atoms with Gasteiger partial charge in [-0.2, -0.15) is 0 Å². The average Bonchev–Trinajstić information content (AvgIpc) is 3.03. The summed E-state index contributed by atoms with van der Waals surface area (Å²) in [7, 11) is 0. The predicted octanol–water partition coefficient (Wildman–Crippen LogP) is 7.14. The van der Waals surface area contributed by atoms with Crippen molar-refractivity contribution in [3.05, 3.63) is 144 Å². The first-order chi connectivity index (χ1) is 19.2. The van der Waals surface area contributed by atoms with Gasteiger partial charge < -0.3 is 10.8 Å². The van der Waals surface area contributed by atoms with E-state index in [1.54, 1.807) is 0 Å². The minimum Gasteiger partial charge on any atom is -0.383 e. The first-order valence-electron chi connectivity index (χ1n) is 14.6. The van der Waals surface area contributed by atoms with E-state index in [-0.39, 0.29) is 12.0 Å². The third kappa shape index (κ3) is 5.72. The maximum absolute atomic E-state index is 12.2. The molecule has 1 aliphatic rings. The van der Waals surface area contributed by atoms with E-state index in [9.17, 15) is 5.11 Å². The van der Waals surface area contributed by atoms with Crippen LogP contribution in [0.1, 0.15) is 67.2 Å². The Hall–Kier alpha value is -3.24. The summed E-state index contributed by atoms with van der Waals surface area (Å²) in [5, 5.41) is 16.2. The fourth-order valence-electron chi connectivity index (χ4n) is 6.69. The lowest BCUT2D eigenvalue weighted by atomic mass is 9.69. The summed E-state index contributed by atoms with van der Waals surface area (Å²) in [6.07, 6.45) is 7.26. The van der Waals surface area contributed by atoms with Crippen molar-refractivity contribution >= 4 is 0 Å². The number of aliphatic hydroxyl groups is 1. The van der Waals surface area contributed by atoms with E-state index in [1.165, 1.54) is 36.0 Å². The number of rotatable bonds is 11. The molecule has 1 aliphatic carbocycles. The minimum atomic E-state index is -1.00. The number of nitrogens with two attached hydrogens (primary N) is 1. The van der Waals surface area contributed by atoms with Gasteiger partial charge in [0, 0.05) is 6.04 Å². The molecule has 0 spiro atoms. The quantitative estimate of drug-likeness (QED) is 0.146. The Labute approximate surface area is 234 Å². The van der Waals surface area contributed by atoms with Crippen molar-refractivity contribution in [3.8, 4) is 0 Å². The van der Waals surface area contributed by atoms with Crippen molar-refractivity contribution < 1.29 is 5.11 Å². The smallest absolute Gasteiger partial charge is 0.107 e. The first-order valence-corrected chi connectivity index (χ1v) is 14.6. The molecule has 1 fully saturated rings. The van der Waals surface area contributed by atoms with Crippen molar-refractivity contribution in [2.45, 2.75) is 62.1 Å². The highest BCUT2D eigenvalue weighted by Crippen LogP contribution is 2.42. The summed E-state index contributed by atoms with van der Waals surface area (Å²) in [5.41, 5.74) is 10.00. The molecule has 0 aliphatic heterocycles. The summed E-state index contributed by atoms with van der Waals surface area (Å²) in [6.45, 7) is 0.766. The second kappa shape index (κ2) is 12.7. The zero-order valence-electron chi connectivity index (χ0n) is 22.9. The van der Waals surface area contributed by atoms with Gasteiger partial charge in [-0.25, -0.2) is 0 Å². The van der Waals surface area contributed by atoms with Crippen LogP contribution in [0, 0.1) is 5.92 Å². The molecular formula is C36H42N2O. The summed E-state index contributed by atoms with van der Waals surface area (Å²) in [4.78, 5) is 0. The molecule has 0 aromatic heterocycles. The normalized spacial score (nSPS) is 16.9. The van der Waals surface area contributed by atoms with E-state index in [0.29, 0.717) is 0 Å². The molecule has 3 heteroatoms. The Kier molecular flexibility index (Phi) is 8.93. The van der Waals surface area contributed by atoms with Gasteiger partial charge in [-0.1, -0.05) is 141 Å². The van der Waals surface area contributed by atoms with Gasteiger partial charge >= 0.3 is 0 Å². The van der Waals surface area contributed by atoms with Gasteiger partial charge in [0.05, 0.1) is 5.54 Å². The Morgan fingerprint density at radius 1 is 0.641 bits per heavy atom. The molecule has 4 aromatic carbocycles. The number of hydrogen-bond donors (Lipinski definition) is 3. The van der Waals surface area contributed by atoms with Crippen molar-refractivity contribution in [2.24, 2.45) is 11.7 Å². The Bertz CT molecular complexity index is 1160. The molecule has 0 radical (unpaired) electrons. The molecule has 3 nitrogen and oxygen atoms in total. The molecule has 39 heavy (non-hydrogen) atoms. The van der Waals surface area contributed by atoms with Gasteiger partial charge in [-0.3, -0.25) is 5.32 Å². The SMILES string of the molecule is NC(CCCNC(c1ccccc1)(c1ccccc1)c1ccccc1)C(O)(c1ccccc1)C1CCCCC1. The zero-order chi connectivity index (χ0) is 27.0.